The van der Waals surface area contributed by atoms with Crippen LogP contribution in [0.1, 0.15) is 29.9 Å². The van der Waals surface area contributed by atoms with E-state index in [1.807, 2.05) is 0 Å². The number of amides is 1. The molecule has 2 aromatic rings. The molecular formula is C17H18ClF4N5O. The number of hydrazine groups is 1. The molecule has 2 unspecified atom stereocenters. The molecule has 2 N–H and O–H groups in total. The molecule has 6 nitrogen and oxygen atoms in total. The Morgan fingerprint density at radius 3 is 2.68 bits per heavy atom. The minimum absolute atomic E-state index is 0.160. The van der Waals surface area contributed by atoms with E-state index in [0.717, 1.165) is 16.8 Å². The number of carbonyl (C=O) groups is 1. The van der Waals surface area contributed by atoms with Crippen LogP contribution in [-0.4, -0.2) is 39.8 Å². The van der Waals surface area contributed by atoms with Crippen molar-refractivity contribution in [3.05, 3.63) is 52.1 Å². The average Bonchev–Trinajstić information content (AvgIpc) is 3.01. The minimum atomic E-state index is -4.61. The van der Waals surface area contributed by atoms with E-state index < -0.39 is 29.8 Å². The van der Waals surface area contributed by atoms with Gasteiger partial charge in [-0.25, -0.2) is 14.8 Å². The number of rotatable bonds is 4. The highest BCUT2D eigenvalue weighted by Crippen LogP contribution is 2.32. The Hall–Kier alpha value is -2.17. The maximum Gasteiger partial charge on any atom is 0.435 e. The number of aryl methyl sites for hydroxylation is 1. The number of alkyl halides is 3. The highest BCUT2D eigenvalue weighted by atomic mass is 35.5. The first-order valence-electron chi connectivity index (χ1n) is 8.44. The fraction of sp³-hybridized carbons (Fsp3) is 0.412. The molecule has 1 saturated heterocycles. The lowest BCUT2D eigenvalue weighted by molar-refractivity contribution is -0.141. The predicted octanol–water partition coefficient (Wildman–Crippen LogP) is 2.65. The summed E-state index contributed by atoms with van der Waals surface area (Å²) in [5, 5.41) is 7.72. The van der Waals surface area contributed by atoms with Crippen molar-refractivity contribution in [1.82, 2.24) is 25.5 Å². The summed E-state index contributed by atoms with van der Waals surface area (Å²) in [5.74, 6) is -0.855. The van der Waals surface area contributed by atoms with E-state index in [9.17, 15) is 22.4 Å². The number of hydrogen-bond donors (Lipinski definition) is 2. The molecule has 28 heavy (non-hydrogen) atoms. The number of piperazine rings is 1. The summed E-state index contributed by atoms with van der Waals surface area (Å²) in [5.41, 5.74) is 2.66. The van der Waals surface area contributed by atoms with Crippen molar-refractivity contribution >= 4 is 17.5 Å². The van der Waals surface area contributed by atoms with Crippen LogP contribution in [0.4, 0.5) is 17.6 Å². The molecule has 0 radical (unpaired) electrons. The van der Waals surface area contributed by atoms with Gasteiger partial charge in [-0.05, 0) is 30.7 Å². The Bertz CT molecular complexity index is 885. The number of carbonyl (C=O) groups excluding carboxylic acids is 1. The molecule has 152 valence electrons. The lowest BCUT2D eigenvalue weighted by atomic mass is 10.0. The van der Waals surface area contributed by atoms with Crippen molar-refractivity contribution < 1.29 is 22.4 Å². The second-order valence-electron chi connectivity index (χ2n) is 6.47. The highest BCUT2D eigenvalue weighted by Gasteiger charge is 2.36. The van der Waals surface area contributed by atoms with Gasteiger partial charge in [0, 0.05) is 20.1 Å². The Morgan fingerprint density at radius 1 is 1.36 bits per heavy atom. The Labute approximate surface area is 163 Å². The van der Waals surface area contributed by atoms with Crippen LogP contribution in [0.5, 0.6) is 0 Å². The number of hydrogen-bond acceptors (Lipinski definition) is 4. The zero-order valence-electron chi connectivity index (χ0n) is 15.0. The van der Waals surface area contributed by atoms with Gasteiger partial charge < -0.3 is 5.32 Å². The van der Waals surface area contributed by atoms with Gasteiger partial charge in [0.25, 0.3) is 0 Å². The maximum absolute atomic E-state index is 13.6. The second-order valence-corrected chi connectivity index (χ2v) is 6.88. The summed E-state index contributed by atoms with van der Waals surface area (Å²) in [6.45, 7) is 2.48. The molecule has 11 heteroatoms. The molecular weight excluding hydrogens is 402 g/mol. The molecule has 1 aliphatic rings. The van der Waals surface area contributed by atoms with E-state index in [0.29, 0.717) is 18.7 Å². The molecule has 0 saturated carbocycles. The van der Waals surface area contributed by atoms with Crippen LogP contribution in [0.2, 0.25) is 5.02 Å². The molecule has 1 fully saturated rings. The predicted molar refractivity (Wildman–Crippen MR) is 93.8 cm³/mol. The lowest BCUT2D eigenvalue weighted by Crippen LogP contribution is -2.59. The van der Waals surface area contributed by atoms with Crippen LogP contribution in [0.15, 0.2) is 24.3 Å². The highest BCUT2D eigenvalue weighted by molar-refractivity contribution is 6.30. The van der Waals surface area contributed by atoms with Crippen LogP contribution in [0.3, 0.4) is 0 Å². The molecule has 3 rings (SSSR count). The summed E-state index contributed by atoms with van der Waals surface area (Å²) < 4.78 is 54.0. The third-order valence-electron chi connectivity index (χ3n) is 4.57. The molecule has 2 heterocycles. The van der Waals surface area contributed by atoms with E-state index in [-0.39, 0.29) is 16.6 Å². The van der Waals surface area contributed by atoms with Crippen LogP contribution in [0.25, 0.3) is 0 Å². The van der Waals surface area contributed by atoms with Gasteiger partial charge in [0.05, 0.1) is 16.8 Å². The number of nitrogens with zero attached hydrogens (tertiary/aromatic N) is 3. The first-order valence-corrected chi connectivity index (χ1v) is 8.82. The van der Waals surface area contributed by atoms with Gasteiger partial charge in [-0.2, -0.15) is 18.3 Å². The molecule has 1 aliphatic heterocycles. The SMILES string of the molecule is CC1C(=O)NCCN1NC(c1ccc(F)c(Cl)c1)c1cc(C(F)(F)F)nn1C. The van der Waals surface area contributed by atoms with Gasteiger partial charge in [0.1, 0.15) is 11.9 Å². The summed E-state index contributed by atoms with van der Waals surface area (Å²) in [6.07, 6.45) is -4.61. The smallest absolute Gasteiger partial charge is 0.353 e. The minimum Gasteiger partial charge on any atom is -0.353 e. The Balaban J connectivity index is 2.03. The number of aromatic nitrogens is 2. The zero-order valence-corrected chi connectivity index (χ0v) is 15.8. The van der Waals surface area contributed by atoms with Crippen molar-refractivity contribution in [2.24, 2.45) is 7.05 Å². The van der Waals surface area contributed by atoms with Crippen molar-refractivity contribution in [2.75, 3.05) is 13.1 Å². The van der Waals surface area contributed by atoms with Crippen LogP contribution in [-0.2, 0) is 18.0 Å². The molecule has 0 bridgehead atoms. The lowest BCUT2D eigenvalue weighted by Gasteiger charge is -2.36. The summed E-state index contributed by atoms with van der Waals surface area (Å²) in [4.78, 5) is 11.9. The normalized spacial score (nSPS) is 19.5. The average molecular weight is 420 g/mol. The van der Waals surface area contributed by atoms with E-state index in [1.165, 1.54) is 19.2 Å². The monoisotopic (exact) mass is 419 g/mol. The summed E-state index contributed by atoms with van der Waals surface area (Å²) >= 11 is 5.87. The van der Waals surface area contributed by atoms with Gasteiger partial charge in [0.2, 0.25) is 5.91 Å². The van der Waals surface area contributed by atoms with Crippen molar-refractivity contribution in [1.29, 1.82) is 0 Å². The molecule has 1 amide bonds. The Kier molecular flexibility index (Phi) is 5.64. The van der Waals surface area contributed by atoms with Crippen molar-refractivity contribution in [2.45, 2.75) is 25.2 Å². The molecule has 0 aliphatic carbocycles. The second kappa shape index (κ2) is 7.69. The third-order valence-corrected chi connectivity index (χ3v) is 4.86. The molecule has 0 spiro atoms. The molecule has 1 aromatic carbocycles. The molecule has 1 aromatic heterocycles. The largest absolute Gasteiger partial charge is 0.435 e. The fourth-order valence-corrected chi connectivity index (χ4v) is 3.21. The van der Waals surface area contributed by atoms with E-state index in [4.69, 9.17) is 11.6 Å². The van der Waals surface area contributed by atoms with E-state index in [2.05, 4.69) is 15.8 Å². The standard InChI is InChI=1S/C17H18ClF4N5O/c1-9-16(28)23-5-6-27(9)25-15(10-3-4-12(19)11(18)7-10)13-8-14(17(20,21)22)24-26(13)2/h3-4,7-9,15,25H,5-6H2,1-2H3,(H,23,28). The van der Waals surface area contributed by atoms with E-state index >= 15 is 0 Å². The van der Waals surface area contributed by atoms with Crippen LogP contribution in [0, 0.1) is 5.82 Å². The number of nitrogens with one attached hydrogen (secondary N) is 2. The number of benzene rings is 1. The fourth-order valence-electron chi connectivity index (χ4n) is 3.02. The van der Waals surface area contributed by atoms with Crippen molar-refractivity contribution in [3.8, 4) is 0 Å². The van der Waals surface area contributed by atoms with Gasteiger partial charge in [-0.3, -0.25) is 9.48 Å². The van der Waals surface area contributed by atoms with Crippen LogP contribution >= 0.6 is 11.6 Å². The van der Waals surface area contributed by atoms with Gasteiger partial charge in [-0.1, -0.05) is 17.7 Å². The van der Waals surface area contributed by atoms with Gasteiger partial charge in [-0.15, -0.1) is 0 Å². The topological polar surface area (TPSA) is 62.2 Å². The Morgan fingerprint density at radius 2 is 2.07 bits per heavy atom. The summed E-state index contributed by atoms with van der Waals surface area (Å²) in [7, 11) is 1.39. The molecule has 2 atom stereocenters. The maximum atomic E-state index is 13.6. The van der Waals surface area contributed by atoms with Gasteiger partial charge in [0.15, 0.2) is 5.69 Å². The zero-order chi connectivity index (χ0) is 20.6. The van der Waals surface area contributed by atoms with Crippen molar-refractivity contribution in [3.63, 3.8) is 0 Å². The summed E-state index contributed by atoms with van der Waals surface area (Å²) in [6, 6.07) is 3.43. The number of halogens is 5. The quantitative estimate of drug-likeness (QED) is 0.748. The first-order chi connectivity index (χ1) is 13.1. The van der Waals surface area contributed by atoms with Gasteiger partial charge >= 0.3 is 6.18 Å². The van der Waals surface area contributed by atoms with Crippen LogP contribution < -0.4 is 10.7 Å². The first kappa shape index (κ1) is 20.6. The third kappa shape index (κ3) is 4.13. The van der Waals surface area contributed by atoms with E-state index in [1.54, 1.807) is 11.9 Å².